The van der Waals surface area contributed by atoms with Crippen LogP contribution in [-0.4, -0.2) is 77.2 Å². The van der Waals surface area contributed by atoms with Gasteiger partial charge in [0.15, 0.2) is 0 Å². The van der Waals surface area contributed by atoms with Gasteiger partial charge in [0, 0.05) is 32.7 Å². The van der Waals surface area contributed by atoms with Crippen molar-refractivity contribution >= 4 is 5.91 Å². The van der Waals surface area contributed by atoms with E-state index in [0.717, 1.165) is 39.1 Å². The third kappa shape index (κ3) is 6.08. The first kappa shape index (κ1) is 27.2. The second-order valence-corrected chi connectivity index (χ2v) is 11.9. The van der Waals surface area contributed by atoms with E-state index in [1.54, 1.807) is 4.90 Å². The van der Waals surface area contributed by atoms with E-state index in [4.69, 9.17) is 4.74 Å². The average Bonchev–Trinajstić information content (AvgIpc) is 3.04. The van der Waals surface area contributed by atoms with E-state index in [9.17, 15) is 9.90 Å². The molecule has 1 saturated heterocycles. The molecule has 2 atom stereocenters. The summed E-state index contributed by atoms with van der Waals surface area (Å²) < 4.78 is 6.25. The number of fused-ring (bicyclic) bond motifs is 2. The highest BCUT2D eigenvalue weighted by Gasteiger charge is 2.32. The van der Waals surface area contributed by atoms with Gasteiger partial charge >= 0.3 is 0 Å². The maximum absolute atomic E-state index is 13.5. The Kier molecular flexibility index (Phi) is 8.41. The summed E-state index contributed by atoms with van der Waals surface area (Å²) in [7, 11) is 0. The largest absolute Gasteiger partial charge is 0.488 e. The van der Waals surface area contributed by atoms with E-state index in [1.807, 2.05) is 13.0 Å². The number of benzene rings is 2. The Balaban J connectivity index is 1.20. The maximum atomic E-state index is 13.5. The van der Waals surface area contributed by atoms with Gasteiger partial charge in [0.25, 0.3) is 5.91 Å². The SMILES string of the molecule is CCC1(CC)CCN(Cc2ccc3c(c2)OC(C)CN(CC(O)CN2CCc4ccccc4C2)C3=O)CC1. The van der Waals surface area contributed by atoms with Crippen LogP contribution in [-0.2, 0) is 19.5 Å². The van der Waals surface area contributed by atoms with Crippen LogP contribution < -0.4 is 4.74 Å². The van der Waals surface area contributed by atoms with Crippen molar-refractivity contribution in [1.82, 2.24) is 14.7 Å². The molecule has 2 unspecified atom stereocenters. The highest BCUT2D eigenvalue weighted by atomic mass is 16.5. The minimum atomic E-state index is -0.602. The zero-order valence-electron chi connectivity index (χ0n) is 23.5. The lowest BCUT2D eigenvalue weighted by Crippen LogP contribution is -2.45. The molecule has 6 nitrogen and oxygen atoms in total. The fourth-order valence-electron chi connectivity index (χ4n) is 6.64. The summed E-state index contributed by atoms with van der Waals surface area (Å²) in [6, 6.07) is 14.6. The summed E-state index contributed by atoms with van der Waals surface area (Å²) in [5.74, 6) is 0.630. The van der Waals surface area contributed by atoms with E-state index < -0.39 is 6.10 Å². The highest BCUT2D eigenvalue weighted by molar-refractivity contribution is 5.97. The number of hydrogen-bond acceptors (Lipinski definition) is 5. The Hall–Kier alpha value is -2.41. The molecular weight excluding hydrogens is 474 g/mol. The van der Waals surface area contributed by atoms with Crippen molar-refractivity contribution in [2.24, 2.45) is 5.41 Å². The van der Waals surface area contributed by atoms with Crippen LogP contribution in [0.25, 0.3) is 0 Å². The molecule has 3 aliphatic heterocycles. The molecule has 3 heterocycles. The normalized spacial score (nSPS) is 22.8. The molecule has 1 amide bonds. The van der Waals surface area contributed by atoms with Gasteiger partial charge in [-0.15, -0.1) is 0 Å². The number of piperidine rings is 1. The molecule has 1 N–H and O–H groups in total. The molecule has 6 heteroatoms. The van der Waals surface area contributed by atoms with E-state index in [1.165, 1.54) is 42.4 Å². The number of carbonyl (C=O) groups excluding carboxylic acids is 1. The number of amides is 1. The van der Waals surface area contributed by atoms with Crippen LogP contribution in [0.2, 0.25) is 0 Å². The Labute approximate surface area is 228 Å². The van der Waals surface area contributed by atoms with Crippen LogP contribution >= 0.6 is 0 Å². The van der Waals surface area contributed by atoms with Crippen molar-refractivity contribution in [2.75, 3.05) is 39.3 Å². The molecule has 0 bridgehead atoms. The molecule has 0 aromatic heterocycles. The second-order valence-electron chi connectivity index (χ2n) is 11.9. The Bertz CT molecular complexity index is 1100. The average molecular weight is 520 g/mol. The number of hydrogen-bond donors (Lipinski definition) is 1. The van der Waals surface area contributed by atoms with Crippen molar-refractivity contribution in [2.45, 2.75) is 78.2 Å². The standard InChI is InChI=1S/C32H45N3O3/c1-4-32(5-2)13-16-33(17-14-32)20-25-10-11-29-30(18-25)38-24(3)19-35(31(29)37)23-28(36)22-34-15-12-26-8-6-7-9-27(26)21-34/h6-11,18,24,28,36H,4-5,12-17,19-23H2,1-3H3. The number of likely N-dealkylation sites (tertiary alicyclic amines) is 1. The van der Waals surface area contributed by atoms with Gasteiger partial charge in [-0.3, -0.25) is 14.6 Å². The number of carbonyl (C=O) groups is 1. The number of aliphatic hydroxyl groups is 1. The molecule has 3 aliphatic rings. The summed E-state index contributed by atoms with van der Waals surface area (Å²) in [6.45, 7) is 13.0. The molecule has 38 heavy (non-hydrogen) atoms. The van der Waals surface area contributed by atoms with Gasteiger partial charge in [0.2, 0.25) is 0 Å². The second kappa shape index (κ2) is 11.8. The van der Waals surface area contributed by atoms with Gasteiger partial charge in [-0.05, 0) is 73.5 Å². The molecule has 0 aliphatic carbocycles. The minimum Gasteiger partial charge on any atom is -0.488 e. The van der Waals surface area contributed by atoms with Crippen molar-refractivity contribution in [3.8, 4) is 5.75 Å². The third-order valence-electron chi connectivity index (χ3n) is 9.30. The Morgan fingerprint density at radius 1 is 1.00 bits per heavy atom. The van der Waals surface area contributed by atoms with Crippen molar-refractivity contribution in [3.05, 3.63) is 64.7 Å². The Morgan fingerprint density at radius 3 is 2.47 bits per heavy atom. The van der Waals surface area contributed by atoms with Crippen LogP contribution in [0.15, 0.2) is 42.5 Å². The topological polar surface area (TPSA) is 56.2 Å². The number of rotatable bonds is 8. The molecule has 1 fully saturated rings. The van der Waals surface area contributed by atoms with Gasteiger partial charge in [0.1, 0.15) is 11.9 Å². The van der Waals surface area contributed by atoms with Gasteiger partial charge in [-0.1, -0.05) is 57.0 Å². The fourth-order valence-corrected chi connectivity index (χ4v) is 6.64. The van der Waals surface area contributed by atoms with Crippen LogP contribution in [0.1, 0.15) is 73.5 Å². The first-order chi connectivity index (χ1) is 18.4. The summed E-state index contributed by atoms with van der Waals surface area (Å²) >= 11 is 0. The van der Waals surface area contributed by atoms with E-state index in [2.05, 4.69) is 60.0 Å². The van der Waals surface area contributed by atoms with Gasteiger partial charge in [-0.25, -0.2) is 0 Å². The van der Waals surface area contributed by atoms with Crippen LogP contribution in [0.3, 0.4) is 0 Å². The summed E-state index contributed by atoms with van der Waals surface area (Å²) in [5.41, 5.74) is 5.05. The molecule has 5 rings (SSSR count). The van der Waals surface area contributed by atoms with E-state index in [0.29, 0.717) is 36.4 Å². The van der Waals surface area contributed by atoms with Gasteiger partial charge in [-0.2, -0.15) is 0 Å². The molecule has 0 spiro atoms. The lowest BCUT2D eigenvalue weighted by atomic mass is 9.74. The summed E-state index contributed by atoms with van der Waals surface area (Å²) in [5, 5.41) is 11.0. The number of ether oxygens (including phenoxy) is 1. The van der Waals surface area contributed by atoms with Gasteiger partial charge < -0.3 is 14.7 Å². The molecule has 206 valence electrons. The van der Waals surface area contributed by atoms with E-state index >= 15 is 0 Å². The lowest BCUT2D eigenvalue weighted by molar-refractivity contribution is 0.0454. The zero-order chi connectivity index (χ0) is 26.7. The predicted molar refractivity (Wildman–Crippen MR) is 151 cm³/mol. The fraction of sp³-hybridized carbons (Fsp3) is 0.594. The molecule has 0 radical (unpaired) electrons. The smallest absolute Gasteiger partial charge is 0.257 e. The first-order valence-corrected chi connectivity index (χ1v) is 14.7. The van der Waals surface area contributed by atoms with Crippen LogP contribution in [0, 0.1) is 5.41 Å². The highest BCUT2D eigenvalue weighted by Crippen LogP contribution is 2.38. The predicted octanol–water partition coefficient (Wildman–Crippen LogP) is 4.73. The maximum Gasteiger partial charge on any atom is 0.257 e. The van der Waals surface area contributed by atoms with Crippen molar-refractivity contribution in [3.63, 3.8) is 0 Å². The number of nitrogens with zero attached hydrogens (tertiary/aromatic N) is 3. The van der Waals surface area contributed by atoms with E-state index in [-0.39, 0.29) is 12.0 Å². The number of aliphatic hydroxyl groups excluding tert-OH is 1. The zero-order valence-corrected chi connectivity index (χ0v) is 23.5. The lowest BCUT2D eigenvalue weighted by Gasteiger charge is -2.41. The first-order valence-electron chi connectivity index (χ1n) is 14.7. The number of β-amino-alcohol motifs (C(OH)–C–C–N with tert-alkyl or cyclic N) is 1. The molecular formula is C32H45N3O3. The summed E-state index contributed by atoms with van der Waals surface area (Å²) in [4.78, 5) is 20.1. The Morgan fingerprint density at radius 2 is 1.74 bits per heavy atom. The molecule has 2 aromatic carbocycles. The monoisotopic (exact) mass is 519 g/mol. The van der Waals surface area contributed by atoms with Gasteiger partial charge in [0.05, 0.1) is 18.2 Å². The molecule has 0 saturated carbocycles. The quantitative estimate of drug-likeness (QED) is 0.547. The summed E-state index contributed by atoms with van der Waals surface area (Å²) in [6.07, 6.45) is 5.32. The minimum absolute atomic E-state index is 0.0485. The van der Waals surface area contributed by atoms with Crippen molar-refractivity contribution in [1.29, 1.82) is 0 Å². The van der Waals surface area contributed by atoms with Crippen LogP contribution in [0.4, 0.5) is 0 Å². The van der Waals surface area contributed by atoms with Crippen LogP contribution in [0.5, 0.6) is 5.75 Å². The van der Waals surface area contributed by atoms with Crippen molar-refractivity contribution < 1.29 is 14.6 Å². The molecule has 2 aromatic rings. The third-order valence-corrected chi connectivity index (χ3v) is 9.30.